The predicted molar refractivity (Wildman–Crippen MR) is 53.2 cm³/mol. The van der Waals surface area contributed by atoms with Gasteiger partial charge in [0.1, 0.15) is 5.60 Å². The number of nitrogens with zero attached hydrogens (tertiary/aromatic N) is 1. The average molecular weight is 235 g/mol. The third-order valence-electron chi connectivity index (χ3n) is 7.32. The fraction of sp³-hybridized carbons (Fsp3) is 1.00. The first-order chi connectivity index (χ1) is 8.09. The third-order valence-corrected chi connectivity index (χ3v) is 7.32. The predicted octanol–water partition coefficient (Wildman–Crippen LogP) is 0.108. The van der Waals surface area contributed by atoms with Crippen molar-refractivity contribution in [1.82, 2.24) is 0 Å². The first-order valence-corrected chi connectivity index (χ1v) is 6.64. The van der Waals surface area contributed by atoms with E-state index in [1.807, 2.05) is 0 Å². The van der Waals surface area contributed by atoms with Crippen LogP contribution in [0.2, 0.25) is 0 Å². The Hall–Kier alpha value is -0.680. The van der Waals surface area contributed by atoms with Crippen LogP contribution in [0.25, 0.3) is 0 Å². The van der Waals surface area contributed by atoms with Crippen molar-refractivity contribution in [2.24, 2.45) is 47.3 Å². The molecule has 7 aliphatic rings. The van der Waals surface area contributed by atoms with Crippen LogP contribution in [0.3, 0.4) is 0 Å². The summed E-state index contributed by atoms with van der Waals surface area (Å²) in [5, 5.41) is 21.7. The molecule has 0 amide bonds. The summed E-state index contributed by atoms with van der Waals surface area (Å²) < 4.78 is 5.97. The Morgan fingerprint density at radius 2 is 1.94 bits per heavy atom. The summed E-state index contributed by atoms with van der Waals surface area (Å²) in [7, 11) is 0. The lowest BCUT2D eigenvalue weighted by Crippen LogP contribution is -2.53. The summed E-state index contributed by atoms with van der Waals surface area (Å²) in [6, 6.07) is 0. The van der Waals surface area contributed by atoms with Gasteiger partial charge >= 0.3 is 0 Å². The molecule has 7 fully saturated rings. The van der Waals surface area contributed by atoms with Crippen molar-refractivity contribution in [3.63, 3.8) is 0 Å². The maximum absolute atomic E-state index is 11.0. The monoisotopic (exact) mass is 235 g/mol. The normalized spacial score (nSPS) is 78.4. The lowest BCUT2D eigenvalue weighted by molar-refractivity contribution is -0.504. The van der Waals surface area contributed by atoms with Gasteiger partial charge in [0, 0.05) is 28.6 Å². The SMILES string of the molecule is O=[N+]([O-])C[C@]12O[C@]3(O)[C@@H]4[C@@H]5C[C@H]([C@H]6[C@H]5[C@@H]3[C@H]61)[C@H]42. The van der Waals surface area contributed by atoms with E-state index in [2.05, 4.69) is 0 Å². The van der Waals surface area contributed by atoms with Gasteiger partial charge in [-0.25, -0.2) is 0 Å². The summed E-state index contributed by atoms with van der Waals surface area (Å²) in [6.07, 6.45) is 1.21. The van der Waals surface area contributed by atoms with Crippen molar-refractivity contribution < 1.29 is 14.8 Å². The number of rotatable bonds is 2. The topological polar surface area (TPSA) is 72.6 Å². The lowest BCUT2D eigenvalue weighted by Gasteiger charge is -2.45. The minimum Gasteiger partial charge on any atom is -0.365 e. The smallest absolute Gasteiger partial charge is 0.233 e. The van der Waals surface area contributed by atoms with Crippen molar-refractivity contribution in [2.45, 2.75) is 17.8 Å². The fourth-order valence-electron chi connectivity index (χ4n) is 7.71. The Morgan fingerprint density at radius 1 is 1.24 bits per heavy atom. The second-order valence-corrected chi connectivity index (χ2v) is 7.12. The highest BCUT2D eigenvalue weighted by atomic mass is 16.7. The summed E-state index contributed by atoms with van der Waals surface area (Å²) in [4.78, 5) is 10.7. The summed E-state index contributed by atoms with van der Waals surface area (Å²) in [5.74, 6) is 2.67. The van der Waals surface area contributed by atoms with Crippen molar-refractivity contribution >= 4 is 0 Å². The van der Waals surface area contributed by atoms with Crippen LogP contribution >= 0.6 is 0 Å². The minimum absolute atomic E-state index is 0.0793. The van der Waals surface area contributed by atoms with Gasteiger partial charge in [0.25, 0.3) is 0 Å². The van der Waals surface area contributed by atoms with E-state index in [1.165, 1.54) is 6.42 Å². The number of ether oxygens (including phenoxy) is 1. The van der Waals surface area contributed by atoms with E-state index in [-0.39, 0.29) is 23.3 Å². The highest BCUT2D eigenvalue weighted by Crippen LogP contribution is 2.92. The van der Waals surface area contributed by atoms with Crippen LogP contribution in [-0.2, 0) is 4.74 Å². The molecule has 0 aromatic rings. The third kappa shape index (κ3) is 0.492. The van der Waals surface area contributed by atoms with Gasteiger partial charge in [-0.1, -0.05) is 0 Å². The van der Waals surface area contributed by atoms with Crippen LogP contribution in [0.1, 0.15) is 6.42 Å². The Morgan fingerprint density at radius 3 is 2.71 bits per heavy atom. The van der Waals surface area contributed by atoms with Gasteiger partial charge in [0.05, 0.1) is 0 Å². The summed E-state index contributed by atoms with van der Waals surface area (Å²) >= 11 is 0. The van der Waals surface area contributed by atoms with Gasteiger partial charge < -0.3 is 9.84 Å². The zero-order valence-electron chi connectivity index (χ0n) is 9.15. The van der Waals surface area contributed by atoms with E-state index >= 15 is 0 Å². The number of hydrogen-bond acceptors (Lipinski definition) is 4. The molecular weight excluding hydrogens is 222 g/mol. The van der Waals surface area contributed by atoms with Gasteiger partial charge in [-0.2, -0.15) is 0 Å². The van der Waals surface area contributed by atoms with Crippen LogP contribution in [0.5, 0.6) is 0 Å². The Balaban J connectivity index is 1.64. The first kappa shape index (κ1) is 8.43. The molecule has 2 heterocycles. The molecule has 10 atom stereocenters. The zero-order valence-corrected chi connectivity index (χ0v) is 9.15. The first-order valence-electron chi connectivity index (χ1n) is 6.64. The summed E-state index contributed by atoms with van der Waals surface area (Å²) in [6.45, 7) is -0.0793. The lowest BCUT2D eigenvalue weighted by atomic mass is 9.56. The van der Waals surface area contributed by atoms with Crippen LogP contribution in [0.4, 0.5) is 0 Å². The zero-order chi connectivity index (χ0) is 11.3. The Bertz CT molecular complexity index is 509. The molecule has 0 aromatic carbocycles. The Labute approximate surface area is 97.3 Å². The molecule has 7 rings (SSSR count). The molecule has 90 valence electrons. The molecule has 4 bridgehead atoms. The average Bonchev–Trinajstić information content (AvgIpc) is 2.75. The molecule has 0 spiro atoms. The van der Waals surface area contributed by atoms with Crippen LogP contribution < -0.4 is 0 Å². The van der Waals surface area contributed by atoms with E-state index in [0.29, 0.717) is 35.5 Å². The number of hydrogen-bond donors (Lipinski definition) is 1. The molecule has 5 saturated carbocycles. The van der Waals surface area contributed by atoms with E-state index in [9.17, 15) is 15.2 Å². The van der Waals surface area contributed by atoms with E-state index < -0.39 is 11.4 Å². The maximum atomic E-state index is 11.0. The molecule has 0 unspecified atom stereocenters. The van der Waals surface area contributed by atoms with Crippen molar-refractivity contribution in [3.8, 4) is 0 Å². The second-order valence-electron chi connectivity index (χ2n) is 7.12. The van der Waals surface area contributed by atoms with Gasteiger partial charge in [0.15, 0.2) is 5.79 Å². The quantitative estimate of drug-likeness (QED) is 0.544. The molecule has 2 saturated heterocycles. The molecule has 1 N–H and O–H groups in total. The molecule has 17 heavy (non-hydrogen) atoms. The Kier molecular flexibility index (Phi) is 0.912. The van der Waals surface area contributed by atoms with Crippen molar-refractivity contribution in [2.75, 3.05) is 6.54 Å². The van der Waals surface area contributed by atoms with Crippen LogP contribution in [0, 0.1) is 57.5 Å². The van der Waals surface area contributed by atoms with Gasteiger partial charge in [-0.15, -0.1) is 0 Å². The van der Waals surface area contributed by atoms with E-state index in [1.54, 1.807) is 0 Å². The number of aliphatic hydroxyl groups is 1. The molecule has 0 aromatic heterocycles. The standard InChI is InChI=1S/C12H13NO4/c14-12-8-4-1-3-5-6(4)10(12)9(5)11(17-12,7(3)8)2-13(15)16/h3-10,14H,1-2H2/t3-,4-,5+,6+,7-,8-,9+,10-,11-,12-/m1/s1. The number of nitro groups is 1. The highest BCUT2D eigenvalue weighted by Gasteiger charge is 2.98. The summed E-state index contributed by atoms with van der Waals surface area (Å²) in [5.41, 5.74) is -0.579. The molecule has 2 aliphatic heterocycles. The largest absolute Gasteiger partial charge is 0.365 e. The van der Waals surface area contributed by atoms with Crippen LogP contribution in [-0.4, -0.2) is 28.0 Å². The van der Waals surface area contributed by atoms with Gasteiger partial charge in [0.2, 0.25) is 6.54 Å². The molecule has 5 heteroatoms. The highest BCUT2D eigenvalue weighted by molar-refractivity contribution is 5.41. The van der Waals surface area contributed by atoms with Crippen molar-refractivity contribution in [1.29, 1.82) is 0 Å². The maximum Gasteiger partial charge on any atom is 0.233 e. The molecular formula is C12H13NO4. The van der Waals surface area contributed by atoms with Crippen molar-refractivity contribution in [3.05, 3.63) is 10.1 Å². The van der Waals surface area contributed by atoms with Gasteiger partial charge in [-0.3, -0.25) is 10.1 Å². The molecule has 5 aliphatic carbocycles. The van der Waals surface area contributed by atoms with E-state index in [4.69, 9.17) is 4.74 Å². The molecule has 5 nitrogen and oxygen atoms in total. The molecule has 0 radical (unpaired) electrons. The van der Waals surface area contributed by atoms with Crippen LogP contribution in [0.15, 0.2) is 0 Å². The fourth-order valence-corrected chi connectivity index (χ4v) is 7.71. The minimum atomic E-state index is -0.970. The van der Waals surface area contributed by atoms with Gasteiger partial charge in [-0.05, 0) is 30.1 Å². The second kappa shape index (κ2) is 1.84. The van der Waals surface area contributed by atoms with E-state index in [0.717, 1.165) is 0 Å².